The van der Waals surface area contributed by atoms with E-state index < -0.39 is 22.9 Å². The fourth-order valence-electron chi connectivity index (χ4n) is 2.82. The number of hydrogen-bond donors (Lipinski definition) is 3. The molecule has 1 fully saturated rings. The lowest BCUT2D eigenvalue weighted by molar-refractivity contribution is -0.149. The van der Waals surface area contributed by atoms with Crippen molar-refractivity contribution in [1.29, 1.82) is 0 Å². The number of carbonyl (C=O) groups is 2. The van der Waals surface area contributed by atoms with Crippen LogP contribution in [0.4, 0.5) is 0 Å². The normalized spacial score (nSPS) is 30.2. The van der Waals surface area contributed by atoms with Gasteiger partial charge in [-0.05, 0) is 31.2 Å². The second kappa shape index (κ2) is 4.66. The molecule has 0 amide bonds. The van der Waals surface area contributed by atoms with E-state index in [9.17, 15) is 14.7 Å². The van der Waals surface area contributed by atoms with E-state index in [1.165, 1.54) is 0 Å². The van der Waals surface area contributed by atoms with Gasteiger partial charge in [0.25, 0.3) is 0 Å². The predicted octanol–water partition coefficient (Wildman–Crippen LogP) is 1.27. The van der Waals surface area contributed by atoms with Gasteiger partial charge in [0, 0.05) is 0 Å². The van der Waals surface area contributed by atoms with Crippen LogP contribution in [0.3, 0.4) is 0 Å². The molecule has 102 valence electrons. The lowest BCUT2D eigenvalue weighted by Crippen LogP contribution is -2.47. The van der Waals surface area contributed by atoms with Gasteiger partial charge in [-0.15, -0.1) is 0 Å². The zero-order chi connectivity index (χ0) is 14.1. The molecule has 0 aromatic heterocycles. The lowest BCUT2D eigenvalue weighted by Gasteiger charge is -2.26. The Morgan fingerprint density at radius 1 is 1.11 bits per heavy atom. The first kappa shape index (κ1) is 13.5. The van der Waals surface area contributed by atoms with Crippen molar-refractivity contribution in [3.63, 3.8) is 0 Å². The second-order valence-corrected chi connectivity index (χ2v) is 5.39. The summed E-state index contributed by atoms with van der Waals surface area (Å²) in [6.07, 6.45) is 0.774. The Kier molecular flexibility index (Phi) is 3.32. The Hall–Kier alpha value is -1.88. The molecule has 1 aliphatic carbocycles. The molecule has 5 heteroatoms. The van der Waals surface area contributed by atoms with Crippen molar-refractivity contribution >= 4 is 11.9 Å². The Labute approximate surface area is 111 Å². The fraction of sp³-hybridized carbons (Fsp3) is 0.429. The molecule has 0 heterocycles. The number of rotatable bonds is 4. The van der Waals surface area contributed by atoms with Crippen molar-refractivity contribution in [3.8, 4) is 0 Å². The van der Waals surface area contributed by atoms with Crippen LogP contribution in [0.2, 0.25) is 0 Å². The Balaban J connectivity index is 2.27. The molecule has 0 unspecified atom stereocenters. The van der Waals surface area contributed by atoms with Crippen LogP contribution in [0.1, 0.15) is 24.8 Å². The van der Waals surface area contributed by atoms with Gasteiger partial charge < -0.3 is 15.9 Å². The van der Waals surface area contributed by atoms with Gasteiger partial charge in [-0.2, -0.15) is 0 Å². The summed E-state index contributed by atoms with van der Waals surface area (Å²) >= 11 is 0. The summed E-state index contributed by atoms with van der Waals surface area (Å²) in [7, 11) is 0. The summed E-state index contributed by atoms with van der Waals surface area (Å²) in [6.45, 7) is 0. The van der Waals surface area contributed by atoms with E-state index in [0.717, 1.165) is 5.56 Å². The summed E-state index contributed by atoms with van der Waals surface area (Å²) in [5.41, 5.74) is 4.20. The third-order valence-electron chi connectivity index (χ3n) is 3.97. The number of carboxylic acid groups (broad SMARTS) is 2. The highest BCUT2D eigenvalue weighted by atomic mass is 16.4. The van der Waals surface area contributed by atoms with E-state index >= 15 is 0 Å². The summed E-state index contributed by atoms with van der Waals surface area (Å²) in [5, 5.41) is 18.6. The highest BCUT2D eigenvalue weighted by Crippen LogP contribution is 2.45. The quantitative estimate of drug-likeness (QED) is 0.759. The number of hydrogen-bond acceptors (Lipinski definition) is 3. The van der Waals surface area contributed by atoms with E-state index in [1.807, 2.05) is 30.3 Å². The maximum atomic E-state index is 11.6. The van der Waals surface area contributed by atoms with Crippen molar-refractivity contribution in [2.75, 3.05) is 0 Å². The standard InChI is InChI=1S/C14H17NO4/c15-14(12(18)19)7-6-13(9-14,11(16)17)8-10-4-2-1-3-5-10/h1-5H,6-9,15H2,(H,16,17)(H,18,19)/t13-,14-/m1/s1. The van der Waals surface area contributed by atoms with Crippen molar-refractivity contribution in [3.05, 3.63) is 35.9 Å². The molecule has 0 aliphatic heterocycles. The number of nitrogens with two attached hydrogens (primary N) is 1. The molecular weight excluding hydrogens is 246 g/mol. The molecule has 5 nitrogen and oxygen atoms in total. The van der Waals surface area contributed by atoms with Gasteiger partial charge in [0.2, 0.25) is 0 Å². The van der Waals surface area contributed by atoms with Crippen LogP contribution in [0.15, 0.2) is 30.3 Å². The smallest absolute Gasteiger partial charge is 0.323 e. The molecular formula is C14H17NO4. The molecule has 2 atom stereocenters. The molecule has 1 aromatic rings. The number of carboxylic acids is 2. The maximum Gasteiger partial charge on any atom is 0.323 e. The largest absolute Gasteiger partial charge is 0.481 e. The highest BCUT2D eigenvalue weighted by molar-refractivity contribution is 5.83. The van der Waals surface area contributed by atoms with Crippen LogP contribution in [0.25, 0.3) is 0 Å². The van der Waals surface area contributed by atoms with Crippen molar-refractivity contribution in [1.82, 2.24) is 0 Å². The average molecular weight is 263 g/mol. The van der Waals surface area contributed by atoms with Gasteiger partial charge in [-0.25, -0.2) is 0 Å². The highest BCUT2D eigenvalue weighted by Gasteiger charge is 2.54. The average Bonchev–Trinajstić information content (AvgIpc) is 2.71. The van der Waals surface area contributed by atoms with Crippen molar-refractivity contribution < 1.29 is 19.8 Å². The minimum Gasteiger partial charge on any atom is -0.481 e. The van der Waals surface area contributed by atoms with Gasteiger partial charge in [-0.1, -0.05) is 30.3 Å². The van der Waals surface area contributed by atoms with Crippen LogP contribution in [-0.4, -0.2) is 27.7 Å². The molecule has 19 heavy (non-hydrogen) atoms. The first-order valence-corrected chi connectivity index (χ1v) is 6.18. The zero-order valence-corrected chi connectivity index (χ0v) is 10.5. The lowest BCUT2D eigenvalue weighted by atomic mass is 9.78. The third-order valence-corrected chi connectivity index (χ3v) is 3.97. The molecule has 2 rings (SSSR count). The van der Waals surface area contributed by atoms with Gasteiger partial charge in [-0.3, -0.25) is 9.59 Å². The van der Waals surface area contributed by atoms with E-state index in [1.54, 1.807) is 0 Å². The van der Waals surface area contributed by atoms with Crippen LogP contribution < -0.4 is 5.73 Å². The molecule has 1 saturated carbocycles. The summed E-state index contributed by atoms with van der Waals surface area (Å²) in [6, 6.07) is 9.24. The maximum absolute atomic E-state index is 11.6. The van der Waals surface area contributed by atoms with Crippen LogP contribution in [0, 0.1) is 5.41 Å². The first-order chi connectivity index (χ1) is 8.88. The van der Waals surface area contributed by atoms with Gasteiger partial charge in [0.05, 0.1) is 5.41 Å². The fourth-order valence-corrected chi connectivity index (χ4v) is 2.82. The predicted molar refractivity (Wildman–Crippen MR) is 68.6 cm³/mol. The zero-order valence-electron chi connectivity index (χ0n) is 10.5. The molecule has 0 saturated heterocycles. The van der Waals surface area contributed by atoms with E-state index in [4.69, 9.17) is 10.8 Å². The van der Waals surface area contributed by atoms with Crippen LogP contribution in [-0.2, 0) is 16.0 Å². The Morgan fingerprint density at radius 3 is 2.21 bits per heavy atom. The van der Waals surface area contributed by atoms with Gasteiger partial charge in [0.15, 0.2) is 0 Å². The minimum atomic E-state index is -1.42. The van der Waals surface area contributed by atoms with Crippen molar-refractivity contribution in [2.45, 2.75) is 31.2 Å². The second-order valence-electron chi connectivity index (χ2n) is 5.39. The molecule has 1 aromatic carbocycles. The van der Waals surface area contributed by atoms with Gasteiger partial charge in [0.1, 0.15) is 5.54 Å². The van der Waals surface area contributed by atoms with Crippen LogP contribution >= 0.6 is 0 Å². The molecule has 0 bridgehead atoms. The summed E-state index contributed by atoms with van der Waals surface area (Å²) < 4.78 is 0. The number of aliphatic carboxylic acids is 2. The summed E-state index contributed by atoms with van der Waals surface area (Å²) in [4.78, 5) is 22.8. The van der Waals surface area contributed by atoms with E-state index in [0.29, 0.717) is 12.8 Å². The van der Waals surface area contributed by atoms with Crippen LogP contribution in [0.5, 0.6) is 0 Å². The molecule has 0 radical (unpaired) electrons. The third kappa shape index (κ3) is 2.46. The van der Waals surface area contributed by atoms with E-state index in [2.05, 4.69) is 0 Å². The van der Waals surface area contributed by atoms with Crippen molar-refractivity contribution in [2.24, 2.45) is 11.1 Å². The van der Waals surface area contributed by atoms with E-state index in [-0.39, 0.29) is 12.8 Å². The topological polar surface area (TPSA) is 101 Å². The molecule has 4 N–H and O–H groups in total. The summed E-state index contributed by atoms with van der Waals surface area (Å²) in [5.74, 6) is -2.09. The molecule has 1 aliphatic rings. The van der Waals surface area contributed by atoms with Gasteiger partial charge >= 0.3 is 11.9 Å². The monoisotopic (exact) mass is 263 g/mol. The molecule has 0 spiro atoms. The Bertz CT molecular complexity index is 501. The number of benzene rings is 1. The SMILES string of the molecule is N[C@]1(C(=O)O)CC[C@](Cc2ccccc2)(C(=O)O)C1. The first-order valence-electron chi connectivity index (χ1n) is 6.18. The minimum absolute atomic E-state index is 0.0282. The Morgan fingerprint density at radius 2 is 1.74 bits per heavy atom.